The highest BCUT2D eigenvalue weighted by molar-refractivity contribution is 5.77. The highest BCUT2D eigenvalue weighted by Crippen LogP contribution is 2.24. The summed E-state index contributed by atoms with van der Waals surface area (Å²) in [5.41, 5.74) is 0.591. The predicted octanol–water partition coefficient (Wildman–Crippen LogP) is 0.861. The first kappa shape index (κ1) is 15.6. The molecule has 116 valence electrons. The molecule has 0 bridgehead atoms. The van der Waals surface area contributed by atoms with E-state index >= 15 is 0 Å². The second-order valence-electron chi connectivity index (χ2n) is 4.87. The van der Waals surface area contributed by atoms with Gasteiger partial charge in [-0.1, -0.05) is 0 Å². The largest absolute Gasteiger partial charge is 0.497 e. The molecule has 6 nitrogen and oxygen atoms in total. The van der Waals surface area contributed by atoms with Crippen molar-refractivity contribution in [3.63, 3.8) is 0 Å². The summed E-state index contributed by atoms with van der Waals surface area (Å²) < 4.78 is 15.8. The summed E-state index contributed by atoms with van der Waals surface area (Å²) in [5, 5.41) is 12.2. The van der Waals surface area contributed by atoms with Crippen molar-refractivity contribution in [2.24, 2.45) is 0 Å². The maximum atomic E-state index is 11.8. The molecule has 2 N–H and O–H groups in total. The number of methoxy groups -OCH3 is 1. The van der Waals surface area contributed by atoms with Crippen molar-refractivity contribution in [1.29, 1.82) is 0 Å². The van der Waals surface area contributed by atoms with Crippen LogP contribution in [0.3, 0.4) is 0 Å². The lowest BCUT2D eigenvalue weighted by molar-refractivity contribution is -0.124. The average molecular weight is 295 g/mol. The van der Waals surface area contributed by atoms with Gasteiger partial charge >= 0.3 is 0 Å². The Labute approximate surface area is 124 Å². The first-order valence-corrected chi connectivity index (χ1v) is 7.00. The van der Waals surface area contributed by atoms with Crippen LogP contribution in [-0.4, -0.2) is 44.0 Å². The van der Waals surface area contributed by atoms with E-state index in [4.69, 9.17) is 14.2 Å². The van der Waals surface area contributed by atoms with Crippen molar-refractivity contribution in [1.82, 2.24) is 5.32 Å². The topological polar surface area (TPSA) is 77.0 Å². The third-order valence-electron chi connectivity index (χ3n) is 3.38. The number of carbonyl (C=O) groups excluding carboxylic acids is 1. The molecular formula is C15H21NO5. The fourth-order valence-electron chi connectivity index (χ4n) is 2.20. The molecule has 0 aliphatic carbocycles. The molecule has 0 atom stereocenters. The second-order valence-corrected chi connectivity index (χ2v) is 4.87. The summed E-state index contributed by atoms with van der Waals surface area (Å²) in [7, 11) is 1.55. The zero-order valence-electron chi connectivity index (χ0n) is 12.1. The van der Waals surface area contributed by atoms with Crippen LogP contribution in [-0.2, 0) is 16.1 Å². The summed E-state index contributed by atoms with van der Waals surface area (Å²) in [6.45, 7) is 1.11. The zero-order chi connectivity index (χ0) is 15.1. The normalized spacial score (nSPS) is 15.5. The lowest BCUT2D eigenvalue weighted by atomic mass is 10.1. The first-order chi connectivity index (χ1) is 10.2. The molecule has 1 aliphatic rings. The number of nitrogens with one attached hydrogen (secondary N) is 1. The van der Waals surface area contributed by atoms with Gasteiger partial charge in [0.25, 0.3) is 5.91 Å². The summed E-state index contributed by atoms with van der Waals surface area (Å²) in [6, 6.07) is 5.26. The summed E-state index contributed by atoms with van der Waals surface area (Å²) >= 11 is 0. The van der Waals surface area contributed by atoms with Crippen LogP contribution in [0.4, 0.5) is 0 Å². The molecule has 2 rings (SSSR count). The highest BCUT2D eigenvalue weighted by atomic mass is 16.5. The van der Waals surface area contributed by atoms with Crippen LogP contribution in [0.1, 0.15) is 18.4 Å². The molecule has 1 fully saturated rings. The molecule has 21 heavy (non-hydrogen) atoms. The summed E-state index contributed by atoms with van der Waals surface area (Å²) in [4.78, 5) is 11.8. The molecule has 0 radical (unpaired) electrons. The fraction of sp³-hybridized carbons (Fsp3) is 0.533. The van der Waals surface area contributed by atoms with Gasteiger partial charge in [0, 0.05) is 24.8 Å². The first-order valence-electron chi connectivity index (χ1n) is 7.00. The van der Waals surface area contributed by atoms with Crippen LogP contribution < -0.4 is 14.8 Å². The minimum atomic E-state index is -0.173. The summed E-state index contributed by atoms with van der Waals surface area (Å²) in [5.74, 6) is 0.958. The van der Waals surface area contributed by atoms with E-state index in [-0.39, 0.29) is 25.2 Å². The third-order valence-corrected chi connectivity index (χ3v) is 3.38. The smallest absolute Gasteiger partial charge is 0.258 e. The molecule has 1 amide bonds. The van der Waals surface area contributed by atoms with Gasteiger partial charge in [-0.05, 0) is 31.0 Å². The Balaban J connectivity index is 1.85. The molecule has 1 aliphatic heterocycles. The van der Waals surface area contributed by atoms with Crippen LogP contribution in [0.15, 0.2) is 18.2 Å². The van der Waals surface area contributed by atoms with Crippen LogP contribution in [0, 0.1) is 0 Å². The maximum absolute atomic E-state index is 11.8. The van der Waals surface area contributed by atoms with E-state index in [1.54, 1.807) is 25.3 Å². The molecular weight excluding hydrogens is 274 g/mol. The lowest BCUT2D eigenvalue weighted by Crippen LogP contribution is -2.41. The Bertz CT molecular complexity index is 471. The van der Waals surface area contributed by atoms with E-state index in [1.165, 1.54) is 0 Å². The number of amides is 1. The molecule has 1 aromatic rings. The Morgan fingerprint density at radius 2 is 2.19 bits per heavy atom. The van der Waals surface area contributed by atoms with Gasteiger partial charge in [-0.15, -0.1) is 0 Å². The number of carbonyl (C=O) groups is 1. The molecule has 0 saturated carbocycles. The minimum absolute atomic E-state index is 0.0727. The SMILES string of the molecule is COc1ccc(OCC(=O)NC2CCOCC2)c(CO)c1. The van der Waals surface area contributed by atoms with E-state index in [1.807, 2.05) is 0 Å². The molecule has 0 aromatic heterocycles. The number of rotatable bonds is 6. The molecule has 0 unspecified atom stereocenters. The highest BCUT2D eigenvalue weighted by Gasteiger charge is 2.16. The van der Waals surface area contributed by atoms with Crippen LogP contribution in [0.5, 0.6) is 11.5 Å². The number of aliphatic hydroxyl groups is 1. The number of hydrogen-bond donors (Lipinski definition) is 2. The molecule has 0 spiro atoms. The van der Waals surface area contributed by atoms with Gasteiger partial charge in [0.05, 0.1) is 13.7 Å². The van der Waals surface area contributed by atoms with Gasteiger partial charge in [-0.3, -0.25) is 4.79 Å². The Hall–Kier alpha value is -1.79. The standard InChI is InChI=1S/C15H21NO5/c1-19-13-2-3-14(11(8-13)9-17)21-10-15(18)16-12-4-6-20-7-5-12/h2-3,8,12,17H,4-7,9-10H2,1H3,(H,16,18). The van der Waals surface area contributed by atoms with Crippen LogP contribution >= 0.6 is 0 Å². The van der Waals surface area contributed by atoms with E-state index in [9.17, 15) is 9.90 Å². The lowest BCUT2D eigenvalue weighted by Gasteiger charge is -2.23. The quantitative estimate of drug-likeness (QED) is 0.814. The number of aliphatic hydroxyl groups excluding tert-OH is 1. The number of ether oxygens (including phenoxy) is 3. The van der Waals surface area contributed by atoms with Gasteiger partial charge in [-0.2, -0.15) is 0 Å². The number of hydrogen-bond acceptors (Lipinski definition) is 5. The molecule has 1 aromatic carbocycles. The van der Waals surface area contributed by atoms with Gasteiger partial charge < -0.3 is 24.6 Å². The van der Waals surface area contributed by atoms with Crippen molar-refractivity contribution < 1.29 is 24.1 Å². The molecule has 6 heteroatoms. The van der Waals surface area contributed by atoms with Crippen LogP contribution in [0.2, 0.25) is 0 Å². The Morgan fingerprint density at radius 1 is 1.43 bits per heavy atom. The third kappa shape index (κ3) is 4.61. The van der Waals surface area contributed by atoms with Gasteiger partial charge in [0.2, 0.25) is 0 Å². The summed E-state index contributed by atoms with van der Waals surface area (Å²) in [6.07, 6.45) is 1.66. The van der Waals surface area contributed by atoms with E-state index in [2.05, 4.69) is 5.32 Å². The van der Waals surface area contributed by atoms with Gasteiger partial charge in [0.15, 0.2) is 6.61 Å². The Morgan fingerprint density at radius 3 is 2.86 bits per heavy atom. The van der Waals surface area contributed by atoms with E-state index in [0.717, 1.165) is 12.8 Å². The van der Waals surface area contributed by atoms with Crippen molar-refractivity contribution >= 4 is 5.91 Å². The maximum Gasteiger partial charge on any atom is 0.258 e. The van der Waals surface area contributed by atoms with Crippen molar-refractivity contribution in [2.75, 3.05) is 26.9 Å². The Kier molecular flexibility index (Phi) is 5.83. The van der Waals surface area contributed by atoms with Crippen molar-refractivity contribution in [3.05, 3.63) is 23.8 Å². The monoisotopic (exact) mass is 295 g/mol. The van der Waals surface area contributed by atoms with Gasteiger partial charge in [-0.25, -0.2) is 0 Å². The molecule has 1 saturated heterocycles. The van der Waals surface area contributed by atoms with Crippen LogP contribution in [0.25, 0.3) is 0 Å². The predicted molar refractivity (Wildman–Crippen MR) is 76.4 cm³/mol. The van der Waals surface area contributed by atoms with E-state index in [0.29, 0.717) is 30.3 Å². The van der Waals surface area contributed by atoms with Crippen molar-refractivity contribution in [2.45, 2.75) is 25.5 Å². The average Bonchev–Trinajstić information content (AvgIpc) is 2.53. The zero-order valence-corrected chi connectivity index (χ0v) is 12.1. The van der Waals surface area contributed by atoms with Gasteiger partial charge in [0.1, 0.15) is 11.5 Å². The second kappa shape index (κ2) is 7.85. The van der Waals surface area contributed by atoms with E-state index < -0.39 is 0 Å². The van der Waals surface area contributed by atoms with Crippen molar-refractivity contribution in [3.8, 4) is 11.5 Å². The minimum Gasteiger partial charge on any atom is -0.497 e. The fourth-order valence-corrected chi connectivity index (χ4v) is 2.20. The molecule has 1 heterocycles. The number of benzene rings is 1.